The summed E-state index contributed by atoms with van der Waals surface area (Å²) in [7, 11) is 0. The molecule has 0 saturated heterocycles. The number of rotatable bonds is 7. The average Bonchev–Trinajstić information content (AvgIpc) is 2.82. The Morgan fingerprint density at radius 2 is 1.76 bits per heavy atom. The molecule has 1 unspecified atom stereocenters. The van der Waals surface area contributed by atoms with Crippen molar-refractivity contribution < 1.29 is 19.1 Å². The van der Waals surface area contributed by atoms with Crippen LogP contribution in [0, 0.1) is 0 Å². The number of hydrogen-bond acceptors (Lipinski definition) is 4. The van der Waals surface area contributed by atoms with Gasteiger partial charge in [-0.15, -0.1) is 0 Å². The Labute approximate surface area is 203 Å². The van der Waals surface area contributed by atoms with Gasteiger partial charge in [-0.05, 0) is 54.8 Å². The fourth-order valence-electron chi connectivity index (χ4n) is 3.72. The van der Waals surface area contributed by atoms with E-state index in [2.05, 4.69) is 10.6 Å². The van der Waals surface area contributed by atoms with Gasteiger partial charge in [0.05, 0.1) is 23.4 Å². The van der Waals surface area contributed by atoms with Crippen molar-refractivity contribution in [3.05, 3.63) is 106 Å². The minimum atomic E-state index is -0.718. The van der Waals surface area contributed by atoms with Gasteiger partial charge in [0.15, 0.2) is 0 Å². The lowest BCUT2D eigenvalue weighted by atomic mass is 9.92. The maximum absolute atomic E-state index is 13.2. The Morgan fingerprint density at radius 1 is 1.00 bits per heavy atom. The maximum Gasteiger partial charge on any atom is 0.338 e. The summed E-state index contributed by atoms with van der Waals surface area (Å²) in [5, 5.41) is 6.29. The van der Waals surface area contributed by atoms with Crippen LogP contribution < -0.4 is 15.4 Å². The molecule has 0 aromatic heterocycles. The van der Waals surface area contributed by atoms with Crippen LogP contribution in [0.15, 0.2) is 84.4 Å². The molecule has 2 N–H and O–H groups in total. The number of ether oxygens (including phenoxy) is 2. The normalized spacial score (nSPS) is 15.5. The standard InChI is InChI=1S/C27H25ClN2O4/c1-17(2)34-26(31)23-24(19-9-4-3-5-10-19)29-27(32)30-25(23)20-11-7-13-22(15-20)33-16-18-8-6-12-21(28)14-18/h3-15,17,25H,16H2,1-2H3,(H2,29,30,32). The first-order valence-corrected chi connectivity index (χ1v) is 11.3. The smallest absolute Gasteiger partial charge is 0.338 e. The monoisotopic (exact) mass is 476 g/mol. The second-order valence-electron chi connectivity index (χ2n) is 8.13. The van der Waals surface area contributed by atoms with E-state index < -0.39 is 18.0 Å². The molecule has 4 rings (SSSR count). The van der Waals surface area contributed by atoms with E-state index in [-0.39, 0.29) is 6.10 Å². The van der Waals surface area contributed by atoms with Crippen LogP contribution in [-0.4, -0.2) is 18.1 Å². The van der Waals surface area contributed by atoms with E-state index in [0.29, 0.717) is 39.8 Å². The lowest BCUT2D eigenvalue weighted by molar-refractivity contribution is -0.143. The van der Waals surface area contributed by atoms with Crippen LogP contribution >= 0.6 is 11.6 Å². The van der Waals surface area contributed by atoms with Gasteiger partial charge >= 0.3 is 12.0 Å². The molecule has 1 atom stereocenters. The molecule has 7 heteroatoms. The van der Waals surface area contributed by atoms with E-state index in [1.165, 1.54) is 0 Å². The molecule has 0 fully saturated rings. The fourth-order valence-corrected chi connectivity index (χ4v) is 3.93. The lowest BCUT2D eigenvalue weighted by Gasteiger charge is -2.30. The molecule has 1 heterocycles. The van der Waals surface area contributed by atoms with Gasteiger partial charge in [0.1, 0.15) is 12.4 Å². The number of nitrogens with one attached hydrogen (secondary N) is 2. The van der Waals surface area contributed by atoms with Gasteiger partial charge in [0.2, 0.25) is 0 Å². The maximum atomic E-state index is 13.2. The summed E-state index contributed by atoms with van der Waals surface area (Å²) in [4.78, 5) is 25.8. The Hall–Kier alpha value is -3.77. The molecule has 6 nitrogen and oxygen atoms in total. The van der Waals surface area contributed by atoms with Gasteiger partial charge in [-0.3, -0.25) is 0 Å². The van der Waals surface area contributed by atoms with Crippen molar-refractivity contribution in [1.29, 1.82) is 0 Å². The molecule has 34 heavy (non-hydrogen) atoms. The minimum Gasteiger partial charge on any atom is -0.489 e. The highest BCUT2D eigenvalue weighted by molar-refractivity contribution is 6.30. The summed E-state index contributed by atoms with van der Waals surface area (Å²) in [6.07, 6.45) is -0.317. The molecule has 0 spiro atoms. The van der Waals surface area contributed by atoms with Crippen molar-refractivity contribution in [3.63, 3.8) is 0 Å². The summed E-state index contributed by atoms with van der Waals surface area (Å²) in [6.45, 7) is 3.90. The van der Waals surface area contributed by atoms with Gasteiger partial charge in [0.25, 0.3) is 0 Å². The van der Waals surface area contributed by atoms with Crippen molar-refractivity contribution in [1.82, 2.24) is 10.6 Å². The van der Waals surface area contributed by atoms with Gasteiger partial charge in [-0.25, -0.2) is 9.59 Å². The Morgan fingerprint density at radius 3 is 2.50 bits per heavy atom. The van der Waals surface area contributed by atoms with E-state index in [1.54, 1.807) is 19.9 Å². The van der Waals surface area contributed by atoms with E-state index in [1.807, 2.05) is 72.8 Å². The molecule has 174 valence electrons. The number of hydrogen-bond donors (Lipinski definition) is 2. The quantitative estimate of drug-likeness (QED) is 0.433. The molecule has 2 amide bonds. The molecule has 1 aliphatic heterocycles. The van der Waals surface area contributed by atoms with Crippen molar-refractivity contribution in [2.45, 2.75) is 32.6 Å². The van der Waals surface area contributed by atoms with Gasteiger partial charge in [-0.1, -0.05) is 66.2 Å². The summed E-state index contributed by atoms with van der Waals surface area (Å²) in [6, 6.07) is 22.9. The molecule has 3 aromatic rings. The van der Waals surface area contributed by atoms with Crippen LogP contribution in [0.5, 0.6) is 5.75 Å². The topological polar surface area (TPSA) is 76.7 Å². The number of benzene rings is 3. The second-order valence-corrected chi connectivity index (χ2v) is 8.57. The highest BCUT2D eigenvalue weighted by Crippen LogP contribution is 2.33. The molecule has 1 aliphatic rings. The highest BCUT2D eigenvalue weighted by atomic mass is 35.5. The number of esters is 1. The third kappa shape index (κ3) is 5.58. The third-order valence-electron chi connectivity index (χ3n) is 5.18. The molecule has 0 aliphatic carbocycles. The van der Waals surface area contributed by atoms with Crippen molar-refractivity contribution in [2.75, 3.05) is 0 Å². The first-order valence-electron chi connectivity index (χ1n) is 11.0. The zero-order chi connectivity index (χ0) is 24.1. The number of urea groups is 1. The first kappa shape index (κ1) is 23.4. The lowest BCUT2D eigenvalue weighted by Crippen LogP contribution is -2.45. The fraction of sp³-hybridized carbons (Fsp3) is 0.185. The zero-order valence-electron chi connectivity index (χ0n) is 18.9. The Bertz CT molecular complexity index is 1220. The summed E-state index contributed by atoms with van der Waals surface area (Å²) in [5.74, 6) is 0.0969. The zero-order valence-corrected chi connectivity index (χ0v) is 19.6. The molecule has 0 bridgehead atoms. The minimum absolute atomic E-state index is 0.317. The molecular formula is C27H25ClN2O4. The summed E-state index contributed by atoms with van der Waals surface area (Å²) < 4.78 is 11.5. The Balaban J connectivity index is 1.70. The second kappa shape index (κ2) is 10.4. The van der Waals surface area contributed by atoms with E-state index in [9.17, 15) is 9.59 Å². The van der Waals surface area contributed by atoms with Crippen molar-refractivity contribution in [3.8, 4) is 5.75 Å². The van der Waals surface area contributed by atoms with Crippen LogP contribution in [0.3, 0.4) is 0 Å². The van der Waals surface area contributed by atoms with Gasteiger partial charge in [0, 0.05) is 5.02 Å². The van der Waals surface area contributed by atoms with Crippen LogP contribution in [0.25, 0.3) is 5.70 Å². The summed E-state index contributed by atoms with van der Waals surface area (Å²) in [5.41, 5.74) is 3.09. The van der Waals surface area contributed by atoms with Crippen LogP contribution in [0.1, 0.15) is 36.6 Å². The number of amides is 2. The highest BCUT2D eigenvalue weighted by Gasteiger charge is 2.35. The first-order chi connectivity index (χ1) is 16.4. The molecule has 0 radical (unpaired) electrons. The predicted molar refractivity (Wildman–Crippen MR) is 131 cm³/mol. The van der Waals surface area contributed by atoms with Crippen LogP contribution in [-0.2, 0) is 16.1 Å². The molecule has 3 aromatic carbocycles. The van der Waals surface area contributed by atoms with Gasteiger partial charge in [-0.2, -0.15) is 0 Å². The van der Waals surface area contributed by atoms with Crippen LogP contribution in [0.4, 0.5) is 4.79 Å². The van der Waals surface area contributed by atoms with E-state index >= 15 is 0 Å². The molecule has 0 saturated carbocycles. The van der Waals surface area contributed by atoms with E-state index in [4.69, 9.17) is 21.1 Å². The SMILES string of the molecule is CC(C)OC(=O)C1=C(c2ccccc2)NC(=O)NC1c1cccc(OCc2cccc(Cl)c2)c1. The largest absolute Gasteiger partial charge is 0.489 e. The third-order valence-corrected chi connectivity index (χ3v) is 5.42. The number of halogens is 1. The molecular weight excluding hydrogens is 452 g/mol. The predicted octanol–water partition coefficient (Wildman–Crippen LogP) is 5.64. The average molecular weight is 477 g/mol. The number of carbonyl (C=O) groups is 2. The van der Waals surface area contributed by atoms with Crippen molar-refractivity contribution in [2.24, 2.45) is 0 Å². The van der Waals surface area contributed by atoms with Crippen LogP contribution in [0.2, 0.25) is 5.02 Å². The number of carbonyl (C=O) groups excluding carboxylic acids is 2. The summed E-state index contributed by atoms with van der Waals surface area (Å²) >= 11 is 6.06. The van der Waals surface area contributed by atoms with E-state index in [0.717, 1.165) is 5.56 Å². The van der Waals surface area contributed by atoms with Gasteiger partial charge < -0.3 is 20.1 Å². The van der Waals surface area contributed by atoms with Crippen molar-refractivity contribution >= 4 is 29.3 Å². The Kier molecular flexibility index (Phi) is 7.18.